The van der Waals surface area contributed by atoms with Crippen LogP contribution in [0, 0.1) is 11.3 Å². The molecule has 0 spiro atoms. The van der Waals surface area contributed by atoms with E-state index in [0.717, 1.165) is 28.6 Å². The summed E-state index contributed by atoms with van der Waals surface area (Å²) in [7, 11) is 0. The SMILES string of the molecule is N#Cc1ccc2c(O)cc3c(c2c1)[C@H](CCl)CN3. The van der Waals surface area contributed by atoms with Gasteiger partial charge in [0.2, 0.25) is 0 Å². The zero-order chi connectivity index (χ0) is 12.7. The zero-order valence-electron chi connectivity index (χ0n) is 9.57. The largest absolute Gasteiger partial charge is 0.507 e. The maximum Gasteiger partial charge on any atom is 0.125 e. The minimum absolute atomic E-state index is 0.221. The first-order chi connectivity index (χ1) is 8.74. The molecule has 2 N–H and O–H groups in total. The number of hydrogen-bond acceptors (Lipinski definition) is 3. The van der Waals surface area contributed by atoms with Gasteiger partial charge in [0.25, 0.3) is 0 Å². The van der Waals surface area contributed by atoms with Gasteiger partial charge in [-0.2, -0.15) is 5.26 Å². The van der Waals surface area contributed by atoms with E-state index in [0.29, 0.717) is 11.4 Å². The lowest BCUT2D eigenvalue weighted by Crippen LogP contribution is -2.02. The van der Waals surface area contributed by atoms with Crippen LogP contribution in [-0.4, -0.2) is 17.5 Å². The zero-order valence-corrected chi connectivity index (χ0v) is 10.3. The predicted molar refractivity (Wildman–Crippen MR) is 72.3 cm³/mol. The molecule has 0 radical (unpaired) electrons. The summed E-state index contributed by atoms with van der Waals surface area (Å²) in [6.45, 7) is 0.772. The number of fused-ring (bicyclic) bond motifs is 3. The molecule has 0 saturated carbocycles. The highest BCUT2D eigenvalue weighted by Crippen LogP contribution is 2.42. The average molecular weight is 259 g/mol. The molecule has 2 aromatic rings. The van der Waals surface area contributed by atoms with Crippen LogP contribution in [0.2, 0.25) is 0 Å². The Morgan fingerprint density at radius 2 is 2.22 bits per heavy atom. The van der Waals surface area contributed by atoms with E-state index < -0.39 is 0 Å². The molecule has 0 bridgehead atoms. The third-order valence-corrected chi connectivity index (χ3v) is 3.79. The fourth-order valence-corrected chi connectivity index (χ4v) is 2.81. The van der Waals surface area contributed by atoms with Crippen molar-refractivity contribution >= 4 is 28.1 Å². The minimum atomic E-state index is 0.221. The van der Waals surface area contributed by atoms with Gasteiger partial charge in [0.05, 0.1) is 11.6 Å². The second kappa shape index (κ2) is 4.08. The average Bonchev–Trinajstić information content (AvgIpc) is 2.81. The Labute approximate surface area is 110 Å². The molecular weight excluding hydrogens is 248 g/mol. The molecule has 3 nitrogen and oxygen atoms in total. The van der Waals surface area contributed by atoms with Gasteiger partial charge >= 0.3 is 0 Å². The number of halogens is 1. The van der Waals surface area contributed by atoms with Crippen LogP contribution in [0.4, 0.5) is 5.69 Å². The molecule has 0 fully saturated rings. The molecule has 2 aromatic carbocycles. The van der Waals surface area contributed by atoms with E-state index in [1.54, 1.807) is 18.2 Å². The van der Waals surface area contributed by atoms with E-state index in [1.165, 1.54) is 0 Å². The van der Waals surface area contributed by atoms with E-state index in [9.17, 15) is 5.11 Å². The van der Waals surface area contributed by atoms with Gasteiger partial charge in [-0.3, -0.25) is 0 Å². The van der Waals surface area contributed by atoms with Crippen molar-refractivity contribution in [2.75, 3.05) is 17.7 Å². The summed E-state index contributed by atoms with van der Waals surface area (Å²) in [6.07, 6.45) is 0. The minimum Gasteiger partial charge on any atom is -0.507 e. The summed E-state index contributed by atoms with van der Waals surface area (Å²) in [6, 6.07) is 9.18. The molecule has 18 heavy (non-hydrogen) atoms. The van der Waals surface area contributed by atoms with Gasteiger partial charge in [0.15, 0.2) is 0 Å². The van der Waals surface area contributed by atoms with Crippen LogP contribution in [-0.2, 0) is 0 Å². The maximum absolute atomic E-state index is 10.0. The first kappa shape index (κ1) is 11.2. The maximum atomic E-state index is 10.0. The van der Waals surface area contributed by atoms with Crippen molar-refractivity contribution in [3.8, 4) is 11.8 Å². The van der Waals surface area contributed by atoms with Crippen LogP contribution >= 0.6 is 11.6 Å². The van der Waals surface area contributed by atoms with Crippen LogP contribution in [0.25, 0.3) is 10.8 Å². The number of aromatic hydroxyl groups is 1. The van der Waals surface area contributed by atoms with Gasteiger partial charge in [-0.15, -0.1) is 11.6 Å². The lowest BCUT2D eigenvalue weighted by atomic mass is 9.94. The van der Waals surface area contributed by atoms with E-state index in [4.69, 9.17) is 16.9 Å². The molecule has 1 aliphatic heterocycles. The molecule has 1 atom stereocenters. The summed E-state index contributed by atoms with van der Waals surface area (Å²) in [4.78, 5) is 0. The molecule has 0 amide bonds. The molecule has 3 rings (SSSR count). The van der Waals surface area contributed by atoms with E-state index in [1.807, 2.05) is 6.07 Å². The summed E-state index contributed by atoms with van der Waals surface area (Å²) in [5.41, 5.74) is 2.62. The van der Waals surface area contributed by atoms with Crippen molar-refractivity contribution in [2.45, 2.75) is 5.92 Å². The van der Waals surface area contributed by atoms with Crippen LogP contribution in [0.1, 0.15) is 17.0 Å². The third kappa shape index (κ3) is 1.50. The summed E-state index contributed by atoms with van der Waals surface area (Å²) in [5.74, 6) is 0.978. The molecule has 4 heteroatoms. The smallest absolute Gasteiger partial charge is 0.125 e. The van der Waals surface area contributed by atoms with Crippen molar-refractivity contribution in [1.29, 1.82) is 5.26 Å². The van der Waals surface area contributed by atoms with Crippen molar-refractivity contribution < 1.29 is 5.11 Å². The Morgan fingerprint density at radius 1 is 1.39 bits per heavy atom. The molecule has 0 unspecified atom stereocenters. The molecular formula is C14H11ClN2O. The van der Waals surface area contributed by atoms with Gasteiger partial charge in [0.1, 0.15) is 5.75 Å². The highest BCUT2D eigenvalue weighted by molar-refractivity contribution is 6.18. The summed E-state index contributed by atoms with van der Waals surface area (Å²) >= 11 is 5.98. The van der Waals surface area contributed by atoms with E-state index in [2.05, 4.69) is 11.4 Å². The number of nitrogens with one attached hydrogen (secondary N) is 1. The van der Waals surface area contributed by atoms with Gasteiger partial charge in [-0.05, 0) is 29.1 Å². The molecule has 1 heterocycles. The predicted octanol–water partition coefficient (Wildman–Crippen LogP) is 3.16. The quantitative estimate of drug-likeness (QED) is 0.773. The first-order valence-corrected chi connectivity index (χ1v) is 6.27. The highest BCUT2D eigenvalue weighted by atomic mass is 35.5. The van der Waals surface area contributed by atoms with Crippen molar-refractivity contribution in [3.63, 3.8) is 0 Å². The second-order valence-corrected chi connectivity index (χ2v) is 4.77. The second-order valence-electron chi connectivity index (χ2n) is 4.46. The Hall–Kier alpha value is -1.92. The molecule has 90 valence electrons. The summed E-state index contributed by atoms with van der Waals surface area (Å²) < 4.78 is 0. The molecule has 0 aromatic heterocycles. The first-order valence-electron chi connectivity index (χ1n) is 5.74. The normalized spacial score (nSPS) is 17.2. The fourth-order valence-electron chi connectivity index (χ4n) is 2.55. The lowest BCUT2D eigenvalue weighted by Gasteiger charge is -2.11. The van der Waals surface area contributed by atoms with E-state index >= 15 is 0 Å². The summed E-state index contributed by atoms with van der Waals surface area (Å²) in [5, 5.41) is 23.9. The Balaban J connectivity index is 2.38. The van der Waals surface area contributed by atoms with Crippen molar-refractivity contribution in [1.82, 2.24) is 0 Å². The monoisotopic (exact) mass is 258 g/mol. The number of benzene rings is 2. The number of rotatable bonds is 1. The van der Waals surface area contributed by atoms with Gasteiger partial charge in [0, 0.05) is 35.5 Å². The lowest BCUT2D eigenvalue weighted by molar-refractivity contribution is 0.482. The topological polar surface area (TPSA) is 56.0 Å². The van der Waals surface area contributed by atoms with Gasteiger partial charge < -0.3 is 10.4 Å². The number of anilines is 1. The van der Waals surface area contributed by atoms with E-state index in [-0.39, 0.29) is 11.7 Å². The van der Waals surface area contributed by atoms with Gasteiger partial charge in [-0.25, -0.2) is 0 Å². The standard InChI is InChI=1S/C14H11ClN2O/c15-5-9-7-17-12-4-13(18)10-2-1-8(6-16)3-11(10)14(9)12/h1-4,9,17-18H,5,7H2/t9-/m1/s1. The Kier molecular flexibility index (Phi) is 2.53. The van der Waals surface area contributed by atoms with Crippen LogP contribution in [0.5, 0.6) is 5.75 Å². The third-order valence-electron chi connectivity index (χ3n) is 3.42. The number of phenols is 1. The number of nitrogens with zero attached hydrogens (tertiary/aromatic N) is 1. The van der Waals surface area contributed by atoms with Gasteiger partial charge in [-0.1, -0.05) is 0 Å². The number of hydrogen-bond donors (Lipinski definition) is 2. The van der Waals surface area contributed by atoms with Crippen LogP contribution in [0.15, 0.2) is 24.3 Å². The van der Waals surface area contributed by atoms with Crippen LogP contribution < -0.4 is 5.32 Å². The van der Waals surface area contributed by atoms with Crippen molar-refractivity contribution in [3.05, 3.63) is 35.4 Å². The highest BCUT2D eigenvalue weighted by Gasteiger charge is 2.25. The Morgan fingerprint density at radius 3 is 2.94 bits per heavy atom. The number of alkyl halides is 1. The fraction of sp³-hybridized carbons (Fsp3) is 0.214. The molecule has 1 aliphatic rings. The van der Waals surface area contributed by atoms with Crippen LogP contribution in [0.3, 0.4) is 0 Å². The number of nitriles is 1. The Bertz CT molecular complexity index is 676. The number of phenolic OH excluding ortho intramolecular Hbond substituents is 1. The molecule has 0 saturated heterocycles. The molecule has 0 aliphatic carbocycles. The van der Waals surface area contributed by atoms with Crippen molar-refractivity contribution in [2.24, 2.45) is 0 Å².